The van der Waals surface area contributed by atoms with Gasteiger partial charge in [-0.3, -0.25) is 0 Å². The van der Waals surface area contributed by atoms with E-state index in [2.05, 4.69) is 25.8 Å². The van der Waals surface area contributed by atoms with Crippen LogP contribution in [0, 0.1) is 0 Å². The number of aliphatic hydroxyl groups excluding tert-OH is 1. The molecular weight excluding hydrogens is 258 g/mol. The maximum absolute atomic E-state index is 9.22. The van der Waals surface area contributed by atoms with Crippen molar-refractivity contribution >= 4 is 27.4 Å². The van der Waals surface area contributed by atoms with Gasteiger partial charge in [0.05, 0.1) is 18.3 Å². The molecule has 1 aliphatic rings. The highest BCUT2D eigenvalue weighted by Gasteiger charge is 2.26. The van der Waals surface area contributed by atoms with Gasteiger partial charge in [-0.2, -0.15) is 0 Å². The lowest BCUT2D eigenvalue weighted by Crippen LogP contribution is -2.33. The van der Waals surface area contributed by atoms with Crippen molar-refractivity contribution in [2.24, 2.45) is 0 Å². The molecule has 0 spiro atoms. The van der Waals surface area contributed by atoms with E-state index in [4.69, 9.17) is 5.73 Å². The zero-order valence-electron chi connectivity index (χ0n) is 8.36. The predicted molar refractivity (Wildman–Crippen MR) is 63.8 cm³/mol. The molecule has 0 radical (unpaired) electrons. The highest BCUT2D eigenvalue weighted by molar-refractivity contribution is 9.10. The van der Waals surface area contributed by atoms with Crippen LogP contribution < -0.4 is 10.6 Å². The third-order valence-corrected chi connectivity index (χ3v) is 3.16. The number of nitrogens with zero attached hydrogens (tertiary/aromatic N) is 2. The first-order chi connectivity index (χ1) is 7.22. The van der Waals surface area contributed by atoms with E-state index in [0.29, 0.717) is 5.69 Å². The molecule has 5 heteroatoms. The molecule has 1 aliphatic heterocycles. The van der Waals surface area contributed by atoms with E-state index in [0.717, 1.165) is 29.7 Å². The molecule has 0 amide bonds. The third kappa shape index (κ3) is 2.08. The Hall–Kier alpha value is -0.810. The molecule has 82 valence electrons. The van der Waals surface area contributed by atoms with Crippen LogP contribution >= 0.6 is 15.9 Å². The Morgan fingerprint density at radius 3 is 3.13 bits per heavy atom. The lowest BCUT2D eigenvalue weighted by Gasteiger charge is -2.25. The summed E-state index contributed by atoms with van der Waals surface area (Å²) in [4.78, 5) is 6.39. The van der Waals surface area contributed by atoms with Crippen molar-refractivity contribution in [3.8, 4) is 0 Å². The zero-order valence-corrected chi connectivity index (χ0v) is 9.94. The van der Waals surface area contributed by atoms with Gasteiger partial charge >= 0.3 is 0 Å². The highest BCUT2D eigenvalue weighted by atomic mass is 79.9. The van der Waals surface area contributed by atoms with E-state index in [1.54, 1.807) is 6.20 Å². The Kier molecular flexibility index (Phi) is 3.11. The molecule has 4 nitrogen and oxygen atoms in total. The van der Waals surface area contributed by atoms with Crippen molar-refractivity contribution in [2.45, 2.75) is 18.9 Å². The minimum Gasteiger partial charge on any atom is -0.396 e. The first-order valence-corrected chi connectivity index (χ1v) is 5.80. The van der Waals surface area contributed by atoms with E-state index >= 15 is 0 Å². The van der Waals surface area contributed by atoms with Crippen molar-refractivity contribution in [3.63, 3.8) is 0 Å². The molecule has 1 aromatic rings. The summed E-state index contributed by atoms with van der Waals surface area (Å²) in [5.74, 6) is 0.787. The van der Waals surface area contributed by atoms with E-state index in [1.807, 2.05) is 6.07 Å². The number of rotatable bonds is 2. The lowest BCUT2D eigenvalue weighted by molar-refractivity contribution is 0.266. The molecule has 1 unspecified atom stereocenters. The molecular formula is C10H14BrN3O. The summed E-state index contributed by atoms with van der Waals surface area (Å²) in [5, 5.41) is 9.22. The second-order valence-corrected chi connectivity index (χ2v) is 4.65. The highest BCUT2D eigenvalue weighted by Crippen LogP contribution is 2.29. The average molecular weight is 272 g/mol. The van der Waals surface area contributed by atoms with Crippen LogP contribution in [0.3, 0.4) is 0 Å². The molecule has 2 rings (SSSR count). The normalized spacial score (nSPS) is 20.9. The molecule has 0 aromatic carbocycles. The SMILES string of the molecule is Nc1cc(Br)cnc1N1CCCC1CO. The number of halogens is 1. The topological polar surface area (TPSA) is 62.4 Å². The van der Waals surface area contributed by atoms with Crippen LogP contribution in [0.4, 0.5) is 11.5 Å². The predicted octanol–water partition coefficient (Wildman–Crippen LogP) is 1.39. The molecule has 3 N–H and O–H groups in total. The molecule has 1 aromatic heterocycles. The van der Waals surface area contributed by atoms with Crippen LogP contribution in [-0.2, 0) is 0 Å². The number of anilines is 2. The Labute approximate surface area is 97.2 Å². The molecule has 1 fully saturated rings. The summed E-state index contributed by atoms with van der Waals surface area (Å²) in [5.41, 5.74) is 6.56. The van der Waals surface area contributed by atoms with Crippen molar-refractivity contribution in [2.75, 3.05) is 23.8 Å². The van der Waals surface area contributed by atoms with Crippen LogP contribution in [0.2, 0.25) is 0 Å². The molecule has 0 saturated carbocycles. The van der Waals surface area contributed by atoms with E-state index < -0.39 is 0 Å². The number of pyridine rings is 1. The molecule has 0 aliphatic carbocycles. The summed E-state index contributed by atoms with van der Waals surface area (Å²) >= 11 is 3.33. The maximum atomic E-state index is 9.22. The van der Waals surface area contributed by atoms with Gasteiger partial charge < -0.3 is 15.7 Å². The second-order valence-electron chi connectivity index (χ2n) is 3.74. The number of nitrogen functional groups attached to an aromatic ring is 1. The van der Waals surface area contributed by atoms with Gasteiger partial charge in [0.25, 0.3) is 0 Å². The monoisotopic (exact) mass is 271 g/mol. The number of aromatic nitrogens is 1. The summed E-state index contributed by atoms with van der Waals surface area (Å²) in [7, 11) is 0. The standard InChI is InChI=1S/C10H14BrN3O/c11-7-4-9(12)10(13-5-7)14-3-1-2-8(14)6-15/h4-5,8,15H,1-3,6,12H2. The van der Waals surface area contributed by atoms with Crippen LogP contribution in [0.25, 0.3) is 0 Å². The fraction of sp³-hybridized carbons (Fsp3) is 0.500. The van der Waals surface area contributed by atoms with Crippen molar-refractivity contribution in [1.29, 1.82) is 0 Å². The van der Waals surface area contributed by atoms with Crippen LogP contribution in [0.15, 0.2) is 16.7 Å². The minimum atomic E-state index is 0.164. The number of hydrogen-bond acceptors (Lipinski definition) is 4. The van der Waals surface area contributed by atoms with Gasteiger partial charge in [-0.15, -0.1) is 0 Å². The molecule has 1 atom stereocenters. The van der Waals surface area contributed by atoms with Crippen molar-refractivity contribution < 1.29 is 5.11 Å². The van der Waals surface area contributed by atoms with Gasteiger partial charge in [0.15, 0.2) is 5.82 Å². The summed E-state index contributed by atoms with van der Waals surface area (Å²) < 4.78 is 0.878. The fourth-order valence-electron chi connectivity index (χ4n) is 1.99. The largest absolute Gasteiger partial charge is 0.396 e. The van der Waals surface area contributed by atoms with Gasteiger partial charge in [0.1, 0.15) is 0 Å². The molecule has 2 heterocycles. The molecule has 0 bridgehead atoms. The smallest absolute Gasteiger partial charge is 0.152 e. The first kappa shape index (κ1) is 10.7. The quantitative estimate of drug-likeness (QED) is 0.854. The average Bonchev–Trinajstić information content (AvgIpc) is 2.65. The van der Waals surface area contributed by atoms with Crippen LogP contribution in [-0.4, -0.2) is 29.3 Å². The van der Waals surface area contributed by atoms with Gasteiger partial charge in [-0.05, 0) is 34.8 Å². The Morgan fingerprint density at radius 2 is 2.47 bits per heavy atom. The lowest BCUT2D eigenvalue weighted by atomic mass is 10.2. The van der Waals surface area contributed by atoms with E-state index in [9.17, 15) is 5.11 Å². The summed E-state index contributed by atoms with van der Waals surface area (Å²) in [6.07, 6.45) is 3.83. The summed E-state index contributed by atoms with van der Waals surface area (Å²) in [6, 6.07) is 2.01. The van der Waals surface area contributed by atoms with Gasteiger partial charge in [0, 0.05) is 17.2 Å². The Balaban J connectivity index is 2.28. The Bertz CT molecular complexity index is 359. The van der Waals surface area contributed by atoms with Crippen LogP contribution in [0.5, 0.6) is 0 Å². The number of hydrogen-bond donors (Lipinski definition) is 2. The summed E-state index contributed by atoms with van der Waals surface area (Å²) in [6.45, 7) is 1.08. The van der Waals surface area contributed by atoms with E-state index in [1.165, 1.54) is 0 Å². The zero-order chi connectivity index (χ0) is 10.8. The number of nitrogens with two attached hydrogens (primary N) is 1. The third-order valence-electron chi connectivity index (χ3n) is 2.72. The van der Waals surface area contributed by atoms with Gasteiger partial charge in [-0.25, -0.2) is 4.98 Å². The minimum absolute atomic E-state index is 0.164. The van der Waals surface area contributed by atoms with Crippen molar-refractivity contribution in [3.05, 3.63) is 16.7 Å². The Morgan fingerprint density at radius 1 is 1.67 bits per heavy atom. The van der Waals surface area contributed by atoms with Gasteiger partial charge in [0.2, 0.25) is 0 Å². The van der Waals surface area contributed by atoms with Crippen molar-refractivity contribution in [1.82, 2.24) is 4.98 Å². The number of aliphatic hydroxyl groups is 1. The second kappa shape index (κ2) is 4.37. The van der Waals surface area contributed by atoms with E-state index in [-0.39, 0.29) is 12.6 Å². The fourth-order valence-corrected chi connectivity index (χ4v) is 2.34. The first-order valence-electron chi connectivity index (χ1n) is 5.01. The molecule has 15 heavy (non-hydrogen) atoms. The van der Waals surface area contributed by atoms with Crippen LogP contribution in [0.1, 0.15) is 12.8 Å². The maximum Gasteiger partial charge on any atom is 0.152 e. The molecule has 1 saturated heterocycles. The van der Waals surface area contributed by atoms with Gasteiger partial charge in [-0.1, -0.05) is 0 Å².